The summed E-state index contributed by atoms with van der Waals surface area (Å²) in [5.74, 6) is 0. The first-order chi connectivity index (χ1) is 15.5. The summed E-state index contributed by atoms with van der Waals surface area (Å²) in [4.78, 5) is 5.22. The normalized spacial score (nSPS) is 12.6. The third kappa shape index (κ3) is 15.0. The molecule has 6 nitrogen and oxygen atoms in total. The molecule has 0 saturated heterocycles. The van der Waals surface area contributed by atoms with Gasteiger partial charge >= 0.3 is 8.80 Å². The molecule has 0 saturated carbocycles. The van der Waals surface area contributed by atoms with Crippen LogP contribution in [-0.4, -0.2) is 90.3 Å². The van der Waals surface area contributed by atoms with E-state index < -0.39 is 8.80 Å². The Morgan fingerprint density at radius 1 is 0.656 bits per heavy atom. The summed E-state index contributed by atoms with van der Waals surface area (Å²) in [5.41, 5.74) is 0. The van der Waals surface area contributed by atoms with Crippen molar-refractivity contribution in [3.8, 4) is 0 Å². The van der Waals surface area contributed by atoms with E-state index >= 15 is 0 Å². The third-order valence-corrected chi connectivity index (χ3v) is 9.21. The van der Waals surface area contributed by atoms with Gasteiger partial charge in [-0.3, -0.25) is 0 Å². The van der Waals surface area contributed by atoms with Crippen LogP contribution in [0.4, 0.5) is 0 Å². The second kappa shape index (κ2) is 21.5. The van der Waals surface area contributed by atoms with Crippen molar-refractivity contribution in [2.45, 2.75) is 99.1 Å². The minimum absolute atomic E-state index is 0.655. The van der Waals surface area contributed by atoms with E-state index in [0.29, 0.717) is 25.9 Å². The predicted octanol–water partition coefficient (Wildman–Crippen LogP) is 5.02. The van der Waals surface area contributed by atoms with Crippen LogP contribution in [0.2, 0.25) is 6.04 Å². The number of hydrogen-bond donors (Lipinski definition) is 1. The molecular formula is C25H57N3O3Si. The van der Waals surface area contributed by atoms with Crippen molar-refractivity contribution >= 4 is 8.80 Å². The van der Waals surface area contributed by atoms with Crippen molar-refractivity contribution in [3.05, 3.63) is 0 Å². The Labute approximate surface area is 202 Å². The van der Waals surface area contributed by atoms with E-state index in [0.717, 1.165) is 45.2 Å². The summed E-state index contributed by atoms with van der Waals surface area (Å²) < 4.78 is 18.2. The highest BCUT2D eigenvalue weighted by atomic mass is 28.4. The van der Waals surface area contributed by atoms with Crippen LogP contribution in [0.1, 0.15) is 87.0 Å². The van der Waals surface area contributed by atoms with Crippen LogP contribution in [0, 0.1) is 0 Å². The molecule has 194 valence electrons. The highest BCUT2D eigenvalue weighted by molar-refractivity contribution is 6.60. The molecule has 0 fully saturated rings. The van der Waals surface area contributed by atoms with Crippen LogP contribution in [-0.2, 0) is 13.3 Å². The highest BCUT2D eigenvalue weighted by Crippen LogP contribution is 2.18. The number of rotatable bonds is 24. The number of nitrogens with zero attached hydrogens (tertiary/aromatic N) is 2. The lowest BCUT2D eigenvalue weighted by molar-refractivity contribution is 0.0698. The zero-order chi connectivity index (χ0) is 24.1. The Hall–Kier alpha value is -0.0231. The maximum atomic E-state index is 6.06. The van der Waals surface area contributed by atoms with E-state index in [-0.39, 0.29) is 0 Å². The third-order valence-electron chi connectivity index (χ3n) is 6.06. The quantitative estimate of drug-likeness (QED) is 0.156. The van der Waals surface area contributed by atoms with Gasteiger partial charge in [0.05, 0.1) is 0 Å². The van der Waals surface area contributed by atoms with Crippen LogP contribution in [0.3, 0.4) is 0 Å². The zero-order valence-corrected chi connectivity index (χ0v) is 23.7. The van der Waals surface area contributed by atoms with Crippen molar-refractivity contribution in [1.82, 2.24) is 15.1 Å². The Balaban J connectivity index is 4.74. The molecule has 32 heavy (non-hydrogen) atoms. The van der Waals surface area contributed by atoms with Gasteiger partial charge in [0.2, 0.25) is 0 Å². The van der Waals surface area contributed by atoms with Crippen LogP contribution in [0.25, 0.3) is 0 Å². The topological polar surface area (TPSA) is 46.2 Å². The minimum atomic E-state index is -2.54. The smallest absolute Gasteiger partial charge is 0.374 e. The summed E-state index contributed by atoms with van der Waals surface area (Å²) >= 11 is 0. The summed E-state index contributed by atoms with van der Waals surface area (Å²) in [6, 6.07) is 1.56. The molecule has 0 aromatic rings. The Morgan fingerprint density at radius 2 is 1.19 bits per heavy atom. The molecule has 0 bridgehead atoms. The van der Waals surface area contributed by atoms with Crippen molar-refractivity contribution in [1.29, 1.82) is 0 Å². The van der Waals surface area contributed by atoms with E-state index in [2.05, 4.69) is 42.8 Å². The first-order valence-electron chi connectivity index (χ1n) is 13.6. The monoisotopic (exact) mass is 475 g/mol. The standard InChI is InChI=1S/C25H57N3O3Si/c1-8-19-27(11-4)21-16-22-28(20-15-18-26-25(9-2)10-3)23-17-24-32(29-12-5,30-13-6)31-14-7/h25-26H,8-24H2,1-7H3. The Kier molecular flexibility index (Phi) is 21.5. The maximum Gasteiger partial charge on any atom is 0.500 e. The fourth-order valence-electron chi connectivity index (χ4n) is 4.30. The fourth-order valence-corrected chi connectivity index (χ4v) is 6.90. The summed E-state index contributed by atoms with van der Waals surface area (Å²) in [6.07, 6.45) is 7.16. The lowest BCUT2D eigenvalue weighted by Gasteiger charge is -2.30. The molecule has 7 heteroatoms. The minimum Gasteiger partial charge on any atom is -0.374 e. The Bertz CT molecular complexity index is 384. The second-order valence-corrected chi connectivity index (χ2v) is 11.3. The van der Waals surface area contributed by atoms with Crippen molar-refractivity contribution in [3.63, 3.8) is 0 Å². The van der Waals surface area contributed by atoms with Gasteiger partial charge < -0.3 is 28.4 Å². The Morgan fingerprint density at radius 3 is 1.69 bits per heavy atom. The molecular weight excluding hydrogens is 418 g/mol. The van der Waals surface area contributed by atoms with Crippen LogP contribution in [0.5, 0.6) is 0 Å². The van der Waals surface area contributed by atoms with Crippen LogP contribution < -0.4 is 5.32 Å². The van der Waals surface area contributed by atoms with Crippen LogP contribution >= 0.6 is 0 Å². The molecule has 0 aromatic heterocycles. The number of hydrogen-bond acceptors (Lipinski definition) is 6. The van der Waals surface area contributed by atoms with Crippen molar-refractivity contribution in [2.75, 3.05) is 65.6 Å². The molecule has 0 aliphatic rings. The largest absolute Gasteiger partial charge is 0.500 e. The van der Waals surface area contributed by atoms with Gasteiger partial charge in [0.1, 0.15) is 0 Å². The molecule has 0 aliphatic carbocycles. The van der Waals surface area contributed by atoms with Crippen molar-refractivity contribution < 1.29 is 13.3 Å². The second-order valence-electron chi connectivity index (χ2n) is 8.54. The van der Waals surface area contributed by atoms with Gasteiger partial charge in [-0.1, -0.05) is 27.7 Å². The van der Waals surface area contributed by atoms with E-state index in [1.807, 2.05) is 20.8 Å². The average Bonchev–Trinajstić information content (AvgIpc) is 2.78. The lowest BCUT2D eigenvalue weighted by Crippen LogP contribution is -2.46. The fraction of sp³-hybridized carbons (Fsp3) is 1.00. The molecule has 0 unspecified atom stereocenters. The molecule has 0 radical (unpaired) electrons. The first kappa shape index (κ1) is 32.0. The highest BCUT2D eigenvalue weighted by Gasteiger charge is 2.39. The van der Waals surface area contributed by atoms with Crippen molar-refractivity contribution in [2.24, 2.45) is 0 Å². The van der Waals surface area contributed by atoms with Gasteiger partial charge in [-0.05, 0) is 105 Å². The van der Waals surface area contributed by atoms with Gasteiger partial charge in [0.15, 0.2) is 0 Å². The first-order valence-corrected chi connectivity index (χ1v) is 15.6. The van der Waals surface area contributed by atoms with Crippen LogP contribution in [0.15, 0.2) is 0 Å². The molecule has 0 heterocycles. The summed E-state index contributed by atoms with van der Waals surface area (Å²) in [7, 11) is -2.54. The van der Waals surface area contributed by atoms with Gasteiger partial charge in [0.25, 0.3) is 0 Å². The van der Waals surface area contributed by atoms with Gasteiger partial charge in [0, 0.05) is 31.9 Å². The average molecular weight is 476 g/mol. The lowest BCUT2D eigenvalue weighted by atomic mass is 10.1. The predicted molar refractivity (Wildman–Crippen MR) is 141 cm³/mol. The molecule has 0 aliphatic heterocycles. The van der Waals surface area contributed by atoms with Gasteiger partial charge in [-0.2, -0.15) is 0 Å². The summed E-state index contributed by atoms with van der Waals surface area (Å²) in [6.45, 7) is 25.2. The number of nitrogens with one attached hydrogen (secondary N) is 1. The van der Waals surface area contributed by atoms with Gasteiger partial charge in [-0.15, -0.1) is 0 Å². The van der Waals surface area contributed by atoms with Gasteiger partial charge in [-0.25, -0.2) is 0 Å². The maximum absolute atomic E-state index is 6.06. The SMILES string of the molecule is CCCN(CC)CCCN(CCCNC(CC)CC)CCC[Si](OCC)(OCC)OCC. The molecule has 0 amide bonds. The molecule has 0 spiro atoms. The van der Waals surface area contributed by atoms with E-state index in [1.54, 1.807) is 0 Å². The molecule has 0 aromatic carbocycles. The van der Waals surface area contributed by atoms with E-state index in [9.17, 15) is 0 Å². The summed E-state index contributed by atoms with van der Waals surface area (Å²) in [5, 5.41) is 3.72. The molecule has 0 atom stereocenters. The van der Waals surface area contributed by atoms with E-state index in [1.165, 1.54) is 45.2 Å². The zero-order valence-electron chi connectivity index (χ0n) is 22.7. The molecule has 0 rings (SSSR count). The molecule has 1 N–H and O–H groups in total. The van der Waals surface area contributed by atoms with E-state index in [4.69, 9.17) is 13.3 Å².